The first-order chi connectivity index (χ1) is 10.8. The minimum Gasteiger partial charge on any atom is -0.472 e. The van der Waals surface area contributed by atoms with Crippen LogP contribution < -0.4 is 0 Å². The number of rotatable bonds is 4. The number of imidazole rings is 1. The molecular weight excluding hydrogens is 284 g/mol. The van der Waals surface area contributed by atoms with Crippen LogP contribution in [0.4, 0.5) is 0 Å². The third-order valence-electron chi connectivity index (χ3n) is 3.41. The summed E-state index contributed by atoms with van der Waals surface area (Å²) < 4.78 is 12.1. The molecule has 0 saturated carbocycles. The predicted molar refractivity (Wildman–Crippen MR) is 76.8 cm³/mol. The summed E-state index contributed by atoms with van der Waals surface area (Å²) >= 11 is 0. The molecular formula is C15H12N4O3. The lowest BCUT2D eigenvalue weighted by Gasteiger charge is -2.03. The summed E-state index contributed by atoms with van der Waals surface area (Å²) in [4.78, 5) is 8.74. The third-order valence-corrected chi connectivity index (χ3v) is 3.41. The summed E-state index contributed by atoms with van der Waals surface area (Å²) in [6, 6.07) is 9.43. The second kappa shape index (κ2) is 5.12. The zero-order valence-corrected chi connectivity index (χ0v) is 11.5. The van der Waals surface area contributed by atoms with Crippen molar-refractivity contribution in [2.45, 2.75) is 13.2 Å². The number of aromatic nitrogens is 4. The Hall–Kier alpha value is -2.93. The Morgan fingerprint density at radius 1 is 1.14 bits per heavy atom. The Morgan fingerprint density at radius 3 is 2.86 bits per heavy atom. The van der Waals surface area contributed by atoms with Crippen LogP contribution in [0.15, 0.2) is 51.8 Å². The summed E-state index contributed by atoms with van der Waals surface area (Å²) in [5, 5.41) is 13.5. The molecule has 0 bridgehead atoms. The van der Waals surface area contributed by atoms with Crippen molar-refractivity contribution in [3.8, 4) is 11.5 Å². The standard InChI is InChI=1S/C15H12N4O3/c20-8-14-16-11-3-1-2-4-12(11)19(14)7-13-17-15(22-18-13)10-5-6-21-9-10/h1-6,9,20H,7-8H2. The second-order valence-electron chi connectivity index (χ2n) is 4.79. The molecule has 4 rings (SSSR count). The van der Waals surface area contributed by atoms with E-state index in [1.54, 1.807) is 18.6 Å². The van der Waals surface area contributed by atoms with Crippen LogP contribution in [-0.4, -0.2) is 24.8 Å². The quantitative estimate of drug-likeness (QED) is 0.621. The number of para-hydroxylation sites is 2. The average molecular weight is 296 g/mol. The monoisotopic (exact) mass is 296 g/mol. The molecule has 0 saturated heterocycles. The van der Waals surface area contributed by atoms with E-state index in [2.05, 4.69) is 15.1 Å². The molecule has 7 nitrogen and oxygen atoms in total. The van der Waals surface area contributed by atoms with Gasteiger partial charge in [0, 0.05) is 0 Å². The number of nitrogens with zero attached hydrogens (tertiary/aromatic N) is 4. The fourth-order valence-corrected chi connectivity index (χ4v) is 2.39. The van der Waals surface area contributed by atoms with E-state index in [1.807, 2.05) is 28.8 Å². The molecule has 0 atom stereocenters. The average Bonchev–Trinajstić information content (AvgIpc) is 3.27. The first-order valence-electron chi connectivity index (χ1n) is 6.75. The molecule has 0 aliphatic heterocycles. The van der Waals surface area contributed by atoms with Gasteiger partial charge in [0.1, 0.15) is 18.7 Å². The molecule has 110 valence electrons. The molecule has 0 amide bonds. The van der Waals surface area contributed by atoms with Gasteiger partial charge in [0.15, 0.2) is 5.82 Å². The lowest BCUT2D eigenvalue weighted by atomic mass is 10.3. The van der Waals surface area contributed by atoms with Gasteiger partial charge in [-0.05, 0) is 18.2 Å². The van der Waals surface area contributed by atoms with Crippen LogP contribution in [0.1, 0.15) is 11.6 Å². The fourth-order valence-electron chi connectivity index (χ4n) is 2.39. The molecule has 0 aliphatic carbocycles. The van der Waals surface area contributed by atoms with Crippen LogP contribution in [0.5, 0.6) is 0 Å². The minimum absolute atomic E-state index is 0.152. The zero-order valence-electron chi connectivity index (χ0n) is 11.5. The third kappa shape index (κ3) is 2.08. The molecule has 3 aromatic heterocycles. The largest absolute Gasteiger partial charge is 0.472 e. The summed E-state index contributed by atoms with van der Waals surface area (Å²) in [5.74, 6) is 1.48. The van der Waals surface area contributed by atoms with Crippen molar-refractivity contribution in [3.63, 3.8) is 0 Å². The second-order valence-corrected chi connectivity index (χ2v) is 4.79. The molecule has 3 heterocycles. The van der Waals surface area contributed by atoms with Gasteiger partial charge in [-0.1, -0.05) is 17.3 Å². The number of fused-ring (bicyclic) bond motifs is 1. The van der Waals surface area contributed by atoms with Crippen molar-refractivity contribution < 1.29 is 14.0 Å². The lowest BCUT2D eigenvalue weighted by Crippen LogP contribution is -2.06. The SMILES string of the molecule is OCc1nc2ccccc2n1Cc1noc(-c2ccoc2)n1. The Labute approximate surface area is 124 Å². The minimum atomic E-state index is -0.152. The van der Waals surface area contributed by atoms with Gasteiger partial charge in [-0.2, -0.15) is 4.98 Å². The van der Waals surface area contributed by atoms with Crippen molar-refractivity contribution in [1.29, 1.82) is 0 Å². The van der Waals surface area contributed by atoms with Crippen molar-refractivity contribution >= 4 is 11.0 Å². The first kappa shape index (κ1) is 12.8. The molecule has 1 aromatic carbocycles. The maximum absolute atomic E-state index is 9.49. The van der Waals surface area contributed by atoms with E-state index in [0.29, 0.717) is 24.1 Å². The highest BCUT2D eigenvalue weighted by molar-refractivity contribution is 5.75. The summed E-state index contributed by atoms with van der Waals surface area (Å²) in [7, 11) is 0. The first-order valence-corrected chi connectivity index (χ1v) is 6.75. The van der Waals surface area contributed by atoms with Crippen LogP contribution in [-0.2, 0) is 13.2 Å². The Morgan fingerprint density at radius 2 is 2.05 bits per heavy atom. The molecule has 0 aliphatic rings. The van der Waals surface area contributed by atoms with Gasteiger partial charge < -0.3 is 18.6 Å². The highest BCUT2D eigenvalue weighted by atomic mass is 16.5. The van der Waals surface area contributed by atoms with Gasteiger partial charge in [0.05, 0.1) is 29.4 Å². The molecule has 22 heavy (non-hydrogen) atoms. The predicted octanol–water partition coefficient (Wildman–Crippen LogP) is 2.22. The number of furan rings is 1. The molecule has 1 N–H and O–H groups in total. The van der Waals surface area contributed by atoms with E-state index < -0.39 is 0 Å². The molecule has 7 heteroatoms. The fraction of sp³-hybridized carbons (Fsp3) is 0.133. The van der Waals surface area contributed by atoms with Gasteiger partial charge in [-0.3, -0.25) is 0 Å². The van der Waals surface area contributed by atoms with Crippen molar-refractivity contribution in [3.05, 3.63) is 54.5 Å². The maximum atomic E-state index is 9.49. The number of hydrogen-bond acceptors (Lipinski definition) is 6. The highest BCUT2D eigenvalue weighted by Crippen LogP contribution is 2.20. The normalized spacial score (nSPS) is 11.3. The van der Waals surface area contributed by atoms with E-state index in [9.17, 15) is 5.11 Å². The lowest BCUT2D eigenvalue weighted by molar-refractivity contribution is 0.266. The summed E-state index contributed by atoms with van der Waals surface area (Å²) in [6.45, 7) is 0.221. The summed E-state index contributed by atoms with van der Waals surface area (Å²) in [6.07, 6.45) is 3.09. The number of aliphatic hydroxyl groups is 1. The van der Waals surface area contributed by atoms with Gasteiger partial charge in [0.2, 0.25) is 0 Å². The maximum Gasteiger partial charge on any atom is 0.261 e. The van der Waals surface area contributed by atoms with Gasteiger partial charge >= 0.3 is 0 Å². The van der Waals surface area contributed by atoms with E-state index in [1.165, 1.54) is 0 Å². The van der Waals surface area contributed by atoms with Crippen LogP contribution in [0.3, 0.4) is 0 Å². The van der Waals surface area contributed by atoms with E-state index in [4.69, 9.17) is 8.94 Å². The molecule has 0 radical (unpaired) electrons. The smallest absolute Gasteiger partial charge is 0.261 e. The number of benzene rings is 1. The Kier molecular flexibility index (Phi) is 2.97. The van der Waals surface area contributed by atoms with E-state index in [0.717, 1.165) is 16.6 Å². The molecule has 4 aromatic rings. The van der Waals surface area contributed by atoms with Crippen molar-refractivity contribution in [2.24, 2.45) is 0 Å². The molecule has 0 fully saturated rings. The van der Waals surface area contributed by atoms with E-state index >= 15 is 0 Å². The van der Waals surface area contributed by atoms with Crippen molar-refractivity contribution in [2.75, 3.05) is 0 Å². The van der Waals surface area contributed by atoms with E-state index in [-0.39, 0.29) is 6.61 Å². The van der Waals surface area contributed by atoms with Crippen LogP contribution in [0.2, 0.25) is 0 Å². The van der Waals surface area contributed by atoms with Gasteiger partial charge in [-0.15, -0.1) is 0 Å². The summed E-state index contributed by atoms with van der Waals surface area (Å²) in [5.41, 5.74) is 2.47. The molecule has 0 unspecified atom stereocenters. The number of hydrogen-bond donors (Lipinski definition) is 1. The number of aliphatic hydroxyl groups excluding tert-OH is 1. The zero-order chi connectivity index (χ0) is 14.9. The van der Waals surface area contributed by atoms with Gasteiger partial charge in [0.25, 0.3) is 5.89 Å². The Bertz CT molecular complexity index is 908. The highest BCUT2D eigenvalue weighted by Gasteiger charge is 2.14. The van der Waals surface area contributed by atoms with Crippen LogP contribution in [0.25, 0.3) is 22.5 Å². The van der Waals surface area contributed by atoms with Gasteiger partial charge in [-0.25, -0.2) is 4.98 Å². The van der Waals surface area contributed by atoms with Crippen molar-refractivity contribution in [1.82, 2.24) is 19.7 Å². The Balaban J connectivity index is 1.72. The van der Waals surface area contributed by atoms with Crippen LogP contribution in [0, 0.1) is 0 Å². The molecule has 0 spiro atoms. The topological polar surface area (TPSA) is 90.1 Å². The van der Waals surface area contributed by atoms with Crippen LogP contribution >= 0.6 is 0 Å².